The zero-order valence-electron chi connectivity index (χ0n) is 26.6. The fourth-order valence-electron chi connectivity index (χ4n) is 6.03. The lowest BCUT2D eigenvalue weighted by atomic mass is 9.84. The minimum atomic E-state index is -3.89. The van der Waals surface area contributed by atoms with Crippen LogP contribution >= 0.6 is 0 Å². The van der Waals surface area contributed by atoms with E-state index in [1.165, 1.54) is 16.6 Å². The highest BCUT2D eigenvalue weighted by Gasteiger charge is 2.35. The van der Waals surface area contributed by atoms with Gasteiger partial charge in [0.25, 0.3) is 0 Å². The third-order valence-electron chi connectivity index (χ3n) is 8.75. The summed E-state index contributed by atoms with van der Waals surface area (Å²) in [6.07, 6.45) is 3.60. The highest BCUT2D eigenvalue weighted by molar-refractivity contribution is 7.89. The lowest BCUT2D eigenvalue weighted by Crippen LogP contribution is -2.36. The third-order valence-corrected chi connectivity index (χ3v) is 10.6. The maximum absolute atomic E-state index is 13.9. The third kappa shape index (κ3) is 5.87. The molecular formula is C33H38N8O4S. The lowest BCUT2D eigenvalue weighted by molar-refractivity contribution is -0.116. The Hall–Kier alpha value is -4.62. The highest BCUT2D eigenvalue weighted by Crippen LogP contribution is 2.36. The Morgan fingerprint density at radius 2 is 1.93 bits per heavy atom. The minimum absolute atomic E-state index is 0.0634. The summed E-state index contributed by atoms with van der Waals surface area (Å²) >= 11 is 0. The van der Waals surface area contributed by atoms with E-state index in [0.717, 1.165) is 38.9 Å². The fourth-order valence-corrected chi connectivity index (χ4v) is 7.55. The first-order valence-electron chi connectivity index (χ1n) is 15.4. The number of carbonyl (C=O) groups excluding carboxylic acids is 1. The number of nitrogens with one attached hydrogen (secondary N) is 1. The molecule has 6 rings (SSSR count). The molecule has 0 saturated carbocycles. The van der Waals surface area contributed by atoms with Crippen molar-refractivity contribution in [2.24, 2.45) is 7.05 Å². The van der Waals surface area contributed by atoms with Crippen LogP contribution in [0.3, 0.4) is 0 Å². The van der Waals surface area contributed by atoms with Gasteiger partial charge in [-0.2, -0.15) is 9.40 Å². The van der Waals surface area contributed by atoms with Crippen LogP contribution in [0.15, 0.2) is 65.8 Å². The van der Waals surface area contributed by atoms with Gasteiger partial charge in [0, 0.05) is 44.7 Å². The van der Waals surface area contributed by atoms with E-state index in [1.54, 1.807) is 30.1 Å². The Morgan fingerprint density at radius 3 is 2.67 bits per heavy atom. The van der Waals surface area contributed by atoms with Crippen LogP contribution in [0.25, 0.3) is 11.0 Å². The largest absolute Gasteiger partial charge is 0.472 e. The maximum Gasteiger partial charge on any atom is 0.248 e. The van der Waals surface area contributed by atoms with Crippen molar-refractivity contribution in [3.8, 4) is 5.88 Å². The topological polar surface area (TPSA) is 137 Å². The summed E-state index contributed by atoms with van der Waals surface area (Å²) in [5.41, 5.74) is 6.30. The molecule has 240 valence electrons. The number of aryl methyl sites for hydroxylation is 4. The number of anilines is 1. The molecule has 1 aliphatic heterocycles. The molecule has 3 aromatic heterocycles. The number of fused-ring (bicyclic) bond motifs is 2. The molecule has 12 nitrogen and oxygen atoms in total. The van der Waals surface area contributed by atoms with Gasteiger partial charge in [0.1, 0.15) is 22.3 Å². The Kier molecular flexibility index (Phi) is 8.62. The Bertz CT molecular complexity index is 2020. The number of sulfonamides is 1. The first-order chi connectivity index (χ1) is 22.1. The summed E-state index contributed by atoms with van der Waals surface area (Å²) in [5.74, 6) is 0.212. The Labute approximate surface area is 268 Å². The average Bonchev–Trinajstić information content (AvgIpc) is 3.63. The van der Waals surface area contributed by atoms with Crippen molar-refractivity contribution >= 4 is 32.8 Å². The molecule has 0 radical (unpaired) electrons. The summed E-state index contributed by atoms with van der Waals surface area (Å²) in [4.78, 5) is 17.8. The van der Waals surface area contributed by atoms with E-state index in [2.05, 4.69) is 25.7 Å². The number of pyridine rings is 1. The van der Waals surface area contributed by atoms with Gasteiger partial charge < -0.3 is 10.1 Å². The van der Waals surface area contributed by atoms with Gasteiger partial charge in [-0.3, -0.25) is 9.48 Å². The summed E-state index contributed by atoms with van der Waals surface area (Å²) < 4.78 is 38.7. The standard InChI is InChI=1S/C33H38N8O4S/c1-6-25-20-40(46(43,44)29-9-8-15-34-33(29)45-25)19-24-17-23(11-10-21(24)3)27(18-31(42)36-30-14-16-35-39(30)5)26-12-13-28-32(22(26)4)37-38-41(28)7-2/h8-17,25,27H,6-7,18-20H2,1-5H3,(H,36,42)/t25-,27+/m1/s1. The number of nitrogens with zero attached hydrogens (tertiary/aromatic N) is 7. The molecule has 2 atom stereocenters. The predicted octanol–water partition coefficient (Wildman–Crippen LogP) is 4.72. The van der Waals surface area contributed by atoms with Gasteiger partial charge in [0.05, 0.1) is 18.3 Å². The molecular weight excluding hydrogens is 604 g/mol. The summed E-state index contributed by atoms with van der Waals surface area (Å²) in [6.45, 7) is 8.99. The van der Waals surface area contributed by atoms with Gasteiger partial charge in [0.2, 0.25) is 21.8 Å². The van der Waals surface area contributed by atoms with Crippen molar-refractivity contribution in [3.05, 3.63) is 88.7 Å². The zero-order valence-corrected chi connectivity index (χ0v) is 27.5. The molecule has 1 amide bonds. The van der Waals surface area contributed by atoms with Crippen molar-refractivity contribution in [2.45, 2.75) is 70.5 Å². The number of amides is 1. The number of rotatable bonds is 9. The van der Waals surface area contributed by atoms with E-state index in [9.17, 15) is 13.2 Å². The number of carbonyl (C=O) groups is 1. The fraction of sp³-hybridized carbons (Fsp3) is 0.364. The van der Waals surface area contributed by atoms with Crippen molar-refractivity contribution in [1.29, 1.82) is 0 Å². The second kappa shape index (κ2) is 12.6. The summed E-state index contributed by atoms with van der Waals surface area (Å²) in [5, 5.41) is 15.9. The van der Waals surface area contributed by atoms with E-state index >= 15 is 0 Å². The van der Waals surface area contributed by atoms with E-state index < -0.39 is 10.0 Å². The van der Waals surface area contributed by atoms with E-state index in [1.807, 2.05) is 62.7 Å². The van der Waals surface area contributed by atoms with Crippen LogP contribution in [0, 0.1) is 13.8 Å². The second-order valence-corrected chi connectivity index (χ2v) is 13.5. The highest BCUT2D eigenvalue weighted by atomic mass is 32.2. The van der Waals surface area contributed by atoms with E-state index in [4.69, 9.17) is 4.74 Å². The maximum atomic E-state index is 13.9. The average molecular weight is 643 g/mol. The lowest BCUT2D eigenvalue weighted by Gasteiger charge is -2.25. The van der Waals surface area contributed by atoms with Gasteiger partial charge in [-0.05, 0) is 73.2 Å². The number of hydrogen-bond acceptors (Lipinski definition) is 8. The first-order valence-corrected chi connectivity index (χ1v) is 16.9. The molecule has 0 unspecified atom stereocenters. The smallest absolute Gasteiger partial charge is 0.248 e. The van der Waals surface area contributed by atoms with Crippen molar-refractivity contribution in [1.82, 2.24) is 34.1 Å². The Morgan fingerprint density at radius 1 is 1.11 bits per heavy atom. The van der Waals surface area contributed by atoms with Gasteiger partial charge >= 0.3 is 0 Å². The molecule has 5 aromatic rings. The minimum Gasteiger partial charge on any atom is -0.472 e. The molecule has 0 fully saturated rings. The van der Waals surface area contributed by atoms with Gasteiger partial charge in [-0.25, -0.2) is 18.1 Å². The summed E-state index contributed by atoms with van der Waals surface area (Å²) in [7, 11) is -2.12. The zero-order chi connectivity index (χ0) is 32.6. The first kappa shape index (κ1) is 31.4. The normalized spacial score (nSPS) is 16.8. The van der Waals surface area contributed by atoms with Gasteiger partial charge in [-0.1, -0.05) is 36.4 Å². The van der Waals surface area contributed by atoms with Crippen LogP contribution in [0.1, 0.15) is 60.4 Å². The van der Waals surface area contributed by atoms with E-state index in [-0.39, 0.29) is 48.2 Å². The number of benzene rings is 2. The van der Waals surface area contributed by atoms with Gasteiger partial charge in [0.15, 0.2) is 0 Å². The number of aromatic nitrogens is 6. The van der Waals surface area contributed by atoms with Crippen molar-refractivity contribution in [2.75, 3.05) is 11.9 Å². The monoisotopic (exact) mass is 642 g/mol. The van der Waals surface area contributed by atoms with Crippen molar-refractivity contribution < 1.29 is 17.9 Å². The number of ether oxygens (including phenoxy) is 1. The molecule has 0 saturated heterocycles. The second-order valence-electron chi connectivity index (χ2n) is 11.6. The molecule has 0 aliphatic carbocycles. The van der Waals surface area contributed by atoms with Crippen LogP contribution in [-0.4, -0.2) is 61.0 Å². The number of hydrogen-bond donors (Lipinski definition) is 1. The van der Waals surface area contributed by atoms with Gasteiger partial charge in [-0.15, -0.1) is 5.10 Å². The summed E-state index contributed by atoms with van der Waals surface area (Å²) in [6, 6.07) is 15.0. The Balaban J connectivity index is 1.40. The van der Waals surface area contributed by atoms with E-state index in [0.29, 0.717) is 18.8 Å². The SMILES string of the molecule is CC[C@@H]1CN(Cc2cc([C@H](CC(=O)Nc3ccnn3C)c3ccc4c(nnn4CC)c3C)ccc2C)S(=O)(=O)c2cccnc2O1. The molecule has 46 heavy (non-hydrogen) atoms. The molecule has 13 heteroatoms. The molecule has 0 spiro atoms. The molecule has 0 bridgehead atoms. The molecule has 2 aromatic carbocycles. The molecule has 1 aliphatic rings. The van der Waals surface area contributed by atoms with Crippen LogP contribution in [0.4, 0.5) is 5.82 Å². The van der Waals surface area contributed by atoms with Crippen LogP contribution < -0.4 is 10.1 Å². The van der Waals surface area contributed by atoms with Crippen molar-refractivity contribution in [3.63, 3.8) is 0 Å². The molecule has 4 heterocycles. The van der Waals surface area contributed by atoms with Crippen LogP contribution in [0.2, 0.25) is 0 Å². The molecule has 1 N–H and O–H groups in total. The van der Waals surface area contributed by atoms with Crippen LogP contribution in [-0.2, 0) is 35.0 Å². The predicted molar refractivity (Wildman–Crippen MR) is 174 cm³/mol. The quantitative estimate of drug-likeness (QED) is 0.244. The van der Waals surface area contributed by atoms with Crippen LogP contribution in [0.5, 0.6) is 5.88 Å².